The van der Waals surface area contributed by atoms with Crippen LogP contribution in [0.4, 0.5) is 4.39 Å². The van der Waals surface area contributed by atoms with Gasteiger partial charge in [0.1, 0.15) is 11.5 Å². The quantitative estimate of drug-likeness (QED) is 0.611. The van der Waals surface area contributed by atoms with E-state index in [2.05, 4.69) is 5.32 Å². The molecule has 2 amide bonds. The lowest BCUT2D eigenvalue weighted by Crippen LogP contribution is -2.50. The van der Waals surface area contributed by atoms with Crippen LogP contribution in [0.3, 0.4) is 0 Å². The van der Waals surface area contributed by atoms with Gasteiger partial charge in [-0.25, -0.2) is 4.39 Å². The molecule has 1 saturated heterocycles. The number of carbonyl (C=O) groups is 2. The molecule has 1 N–H and O–H groups in total. The summed E-state index contributed by atoms with van der Waals surface area (Å²) in [5.74, 6) is -1.12. The van der Waals surface area contributed by atoms with Gasteiger partial charge in [0.25, 0.3) is 17.4 Å². The molecule has 0 aliphatic carbocycles. The number of nitrogens with zero attached hydrogens (tertiary/aromatic N) is 2. The Labute approximate surface area is 196 Å². The van der Waals surface area contributed by atoms with Crippen molar-refractivity contribution in [2.24, 2.45) is 5.92 Å². The third-order valence-electron chi connectivity index (χ3n) is 6.49. The molecule has 3 aromatic rings. The van der Waals surface area contributed by atoms with Crippen molar-refractivity contribution in [2.75, 3.05) is 13.1 Å². The van der Waals surface area contributed by atoms with Crippen molar-refractivity contribution in [3.05, 3.63) is 111 Å². The van der Waals surface area contributed by atoms with Crippen molar-refractivity contribution in [3.63, 3.8) is 0 Å². The zero-order chi connectivity index (χ0) is 23.7. The molecule has 0 saturated carbocycles. The Morgan fingerprint density at radius 3 is 2.47 bits per heavy atom. The molecule has 5 rings (SSSR count). The topological polar surface area (TPSA) is 71.4 Å². The van der Waals surface area contributed by atoms with E-state index < -0.39 is 11.7 Å². The van der Waals surface area contributed by atoms with Crippen LogP contribution in [-0.2, 0) is 11.3 Å². The molecule has 1 fully saturated rings. The highest BCUT2D eigenvalue weighted by Crippen LogP contribution is 2.35. The van der Waals surface area contributed by atoms with Crippen LogP contribution in [0.25, 0.3) is 6.08 Å². The highest BCUT2D eigenvalue weighted by atomic mass is 19.1. The van der Waals surface area contributed by atoms with Crippen LogP contribution >= 0.6 is 0 Å². The first kappa shape index (κ1) is 21.8. The number of piperidine rings is 1. The molecule has 7 heteroatoms. The number of rotatable bonds is 4. The number of likely N-dealkylation sites (tertiary alicyclic amines) is 1. The van der Waals surface area contributed by atoms with Crippen molar-refractivity contribution in [1.82, 2.24) is 14.8 Å². The molecule has 0 unspecified atom stereocenters. The van der Waals surface area contributed by atoms with Crippen molar-refractivity contribution >= 4 is 17.9 Å². The number of nitrogens with one attached hydrogen (secondary N) is 1. The van der Waals surface area contributed by atoms with Crippen LogP contribution in [0.2, 0.25) is 0 Å². The van der Waals surface area contributed by atoms with E-state index in [-0.39, 0.29) is 34.6 Å². The average Bonchev–Trinajstić information content (AvgIpc) is 2.85. The van der Waals surface area contributed by atoms with Gasteiger partial charge >= 0.3 is 0 Å². The van der Waals surface area contributed by atoms with E-state index in [1.54, 1.807) is 70.1 Å². The van der Waals surface area contributed by atoms with Gasteiger partial charge in [-0.15, -0.1) is 0 Å². The van der Waals surface area contributed by atoms with Gasteiger partial charge in [-0.2, -0.15) is 0 Å². The molecule has 3 heterocycles. The number of aromatic nitrogens is 1. The van der Waals surface area contributed by atoms with Crippen LogP contribution in [0.1, 0.15) is 34.0 Å². The molecule has 2 aromatic carbocycles. The van der Waals surface area contributed by atoms with Crippen molar-refractivity contribution < 1.29 is 14.0 Å². The lowest BCUT2D eigenvalue weighted by molar-refractivity contribution is -0.130. The lowest BCUT2D eigenvalue weighted by atomic mass is 9.83. The Kier molecular flexibility index (Phi) is 5.84. The first-order chi connectivity index (χ1) is 16.5. The Morgan fingerprint density at radius 2 is 1.68 bits per heavy atom. The fraction of sp³-hybridized carbons (Fsp3) is 0.222. The van der Waals surface area contributed by atoms with Crippen LogP contribution in [0, 0.1) is 11.7 Å². The predicted molar refractivity (Wildman–Crippen MR) is 126 cm³/mol. The normalized spacial score (nSPS) is 19.3. The number of halogens is 1. The zero-order valence-electron chi connectivity index (χ0n) is 18.5. The van der Waals surface area contributed by atoms with Crippen molar-refractivity contribution in [2.45, 2.75) is 18.9 Å². The smallest absolute Gasteiger partial charge is 0.270 e. The molecular formula is C27H24FN3O3. The van der Waals surface area contributed by atoms with E-state index >= 15 is 0 Å². The molecule has 0 radical (unpaired) electrons. The van der Waals surface area contributed by atoms with E-state index in [9.17, 15) is 18.8 Å². The number of fused-ring (bicyclic) bond motifs is 4. The fourth-order valence-corrected chi connectivity index (χ4v) is 4.92. The first-order valence-corrected chi connectivity index (χ1v) is 11.3. The third kappa shape index (κ3) is 4.29. The summed E-state index contributed by atoms with van der Waals surface area (Å²) < 4.78 is 16.2. The van der Waals surface area contributed by atoms with Gasteiger partial charge in [0.15, 0.2) is 0 Å². The average molecular weight is 458 g/mol. The summed E-state index contributed by atoms with van der Waals surface area (Å²) in [6, 6.07) is 19.9. The van der Waals surface area contributed by atoms with Crippen LogP contribution in [0.15, 0.2) is 83.3 Å². The van der Waals surface area contributed by atoms with E-state index in [1.807, 2.05) is 6.07 Å². The standard InChI is InChI=1S/C27H24FN3O3/c28-22-10-5-4-9-20(22)14-23(29-26(33)19-7-2-1-3-8-19)27(34)30-15-18-13-21(17-30)24-11-6-12-25(32)31(24)16-18/h1-12,14,18,21H,13,15-17H2,(H,29,33)/b23-14-/t18-,21+/m1/s1. The van der Waals surface area contributed by atoms with Crippen LogP contribution in [-0.4, -0.2) is 34.4 Å². The van der Waals surface area contributed by atoms with Gasteiger partial charge in [0.2, 0.25) is 0 Å². The van der Waals surface area contributed by atoms with Crippen molar-refractivity contribution in [3.8, 4) is 0 Å². The molecule has 0 spiro atoms. The van der Waals surface area contributed by atoms with E-state index in [0.717, 1.165) is 12.1 Å². The minimum Gasteiger partial charge on any atom is -0.336 e. The molecule has 2 aliphatic rings. The number of amides is 2. The summed E-state index contributed by atoms with van der Waals surface area (Å²) >= 11 is 0. The number of benzene rings is 2. The summed E-state index contributed by atoms with van der Waals surface area (Å²) in [4.78, 5) is 40.5. The molecule has 2 aliphatic heterocycles. The minimum absolute atomic E-state index is 0.0179. The van der Waals surface area contributed by atoms with Crippen LogP contribution in [0.5, 0.6) is 0 Å². The minimum atomic E-state index is -0.481. The summed E-state index contributed by atoms with van der Waals surface area (Å²) in [6.45, 7) is 1.44. The number of pyridine rings is 1. The van der Waals surface area contributed by atoms with Gasteiger partial charge < -0.3 is 14.8 Å². The van der Waals surface area contributed by atoms with Gasteiger partial charge in [-0.05, 0) is 42.7 Å². The van der Waals surface area contributed by atoms with Gasteiger partial charge in [-0.1, -0.05) is 42.5 Å². The largest absolute Gasteiger partial charge is 0.336 e. The van der Waals surface area contributed by atoms with Gasteiger partial charge in [-0.3, -0.25) is 14.4 Å². The summed E-state index contributed by atoms with van der Waals surface area (Å²) in [7, 11) is 0. The maximum Gasteiger partial charge on any atom is 0.270 e. The third-order valence-corrected chi connectivity index (χ3v) is 6.49. The second kappa shape index (κ2) is 9.09. The molecule has 6 nitrogen and oxygen atoms in total. The molecule has 34 heavy (non-hydrogen) atoms. The summed E-state index contributed by atoms with van der Waals surface area (Å²) in [6.07, 6.45) is 2.29. The van der Waals surface area contributed by atoms with Gasteiger partial charge in [0, 0.05) is 48.4 Å². The second-order valence-electron chi connectivity index (χ2n) is 8.81. The monoisotopic (exact) mass is 457 g/mol. The number of carbonyl (C=O) groups excluding carboxylic acids is 2. The molecule has 2 atom stereocenters. The fourth-order valence-electron chi connectivity index (χ4n) is 4.92. The SMILES string of the molecule is O=C(N/C(=C\c1ccccc1F)C(=O)N1C[C@H]2C[C@@H](C1)c1cccc(=O)n1C2)c1ccccc1. The van der Waals surface area contributed by atoms with E-state index in [1.165, 1.54) is 12.1 Å². The Balaban J connectivity index is 1.45. The second-order valence-corrected chi connectivity index (χ2v) is 8.81. The Hall–Kier alpha value is -4.00. The maximum atomic E-state index is 14.4. The highest BCUT2D eigenvalue weighted by molar-refractivity contribution is 6.05. The molecule has 172 valence electrons. The Bertz CT molecular complexity index is 1330. The molecule has 1 aromatic heterocycles. The predicted octanol–water partition coefficient (Wildman–Crippen LogP) is 3.40. The lowest BCUT2D eigenvalue weighted by Gasteiger charge is -2.43. The zero-order valence-corrected chi connectivity index (χ0v) is 18.5. The first-order valence-electron chi connectivity index (χ1n) is 11.3. The maximum absolute atomic E-state index is 14.4. The highest BCUT2D eigenvalue weighted by Gasteiger charge is 2.37. The van der Waals surface area contributed by atoms with Gasteiger partial charge in [0.05, 0.1) is 0 Å². The van der Waals surface area contributed by atoms with E-state index in [0.29, 0.717) is 25.2 Å². The summed E-state index contributed by atoms with van der Waals surface area (Å²) in [5.41, 5.74) is 1.53. The molecule has 2 bridgehead atoms. The van der Waals surface area contributed by atoms with E-state index in [4.69, 9.17) is 0 Å². The Morgan fingerprint density at radius 1 is 0.912 bits per heavy atom. The van der Waals surface area contributed by atoms with Crippen LogP contribution < -0.4 is 10.9 Å². The van der Waals surface area contributed by atoms with Crippen molar-refractivity contribution in [1.29, 1.82) is 0 Å². The number of hydrogen-bond donors (Lipinski definition) is 1. The number of hydrogen-bond acceptors (Lipinski definition) is 3. The summed E-state index contributed by atoms with van der Waals surface area (Å²) in [5, 5.41) is 2.71. The molecular weight excluding hydrogens is 433 g/mol.